The molecule has 0 fully saturated rings. The van der Waals surface area contributed by atoms with E-state index >= 15 is 0 Å². The fourth-order valence-electron chi connectivity index (χ4n) is 4.51. The summed E-state index contributed by atoms with van der Waals surface area (Å²) >= 11 is 1.64. The van der Waals surface area contributed by atoms with Gasteiger partial charge in [-0.15, -0.1) is 0 Å². The standard InChI is InChI=1S/C30H33NO2S/c1-8-34-26-14-11-20(17-22(26)30(5,6)7)29-21(10-9-15-31-29)28-23(32)12-13-24-27(28)19(4)25(33-24)16-18(2)3/h8-15,17-18,32H,1,16H2,2-7H3. The summed E-state index contributed by atoms with van der Waals surface area (Å²) in [6.45, 7) is 17.0. The summed E-state index contributed by atoms with van der Waals surface area (Å²) in [5.41, 5.74) is 6.62. The molecule has 0 unspecified atom stereocenters. The number of hydrogen-bond donors (Lipinski definition) is 1. The Bertz CT molecular complexity index is 1360. The summed E-state index contributed by atoms with van der Waals surface area (Å²) in [7, 11) is 0. The van der Waals surface area contributed by atoms with Gasteiger partial charge in [-0.25, -0.2) is 0 Å². The molecule has 4 aromatic rings. The number of aromatic hydroxyl groups is 1. The van der Waals surface area contributed by atoms with Crippen molar-refractivity contribution in [3.8, 4) is 28.1 Å². The summed E-state index contributed by atoms with van der Waals surface area (Å²) in [4.78, 5) is 5.98. The zero-order valence-corrected chi connectivity index (χ0v) is 21.7. The van der Waals surface area contributed by atoms with Gasteiger partial charge < -0.3 is 9.52 Å². The van der Waals surface area contributed by atoms with Crippen molar-refractivity contribution >= 4 is 22.7 Å². The number of furan rings is 1. The second kappa shape index (κ2) is 9.34. The van der Waals surface area contributed by atoms with E-state index in [0.717, 1.165) is 51.1 Å². The second-order valence-electron chi connectivity index (χ2n) is 10.2. The van der Waals surface area contributed by atoms with E-state index in [9.17, 15) is 5.11 Å². The third kappa shape index (κ3) is 4.52. The Morgan fingerprint density at radius 2 is 1.91 bits per heavy atom. The molecule has 0 bridgehead atoms. The predicted molar refractivity (Wildman–Crippen MR) is 145 cm³/mol. The zero-order chi connectivity index (χ0) is 24.6. The first kappa shape index (κ1) is 24.2. The lowest BCUT2D eigenvalue weighted by Crippen LogP contribution is -2.12. The first-order valence-corrected chi connectivity index (χ1v) is 12.6. The van der Waals surface area contributed by atoms with Crippen molar-refractivity contribution in [1.82, 2.24) is 4.98 Å². The number of hydrogen-bond acceptors (Lipinski definition) is 4. The SMILES string of the molecule is C=CSc1ccc(-c2ncccc2-c2c(O)ccc3oc(CC(C)C)c(C)c23)cc1C(C)(C)C. The van der Waals surface area contributed by atoms with Gasteiger partial charge in [0.05, 0.1) is 5.69 Å². The molecule has 1 N–H and O–H groups in total. The maximum Gasteiger partial charge on any atom is 0.135 e. The molecule has 0 aliphatic carbocycles. The molecular formula is C30H33NO2S. The Hall–Kier alpha value is -2.98. The van der Waals surface area contributed by atoms with E-state index < -0.39 is 0 Å². The largest absolute Gasteiger partial charge is 0.507 e. The fraction of sp³-hybridized carbons (Fsp3) is 0.300. The number of aryl methyl sites for hydroxylation is 1. The van der Waals surface area contributed by atoms with Gasteiger partial charge in [0, 0.05) is 39.6 Å². The van der Waals surface area contributed by atoms with E-state index in [1.165, 1.54) is 10.5 Å². The molecule has 0 spiro atoms. The third-order valence-electron chi connectivity index (χ3n) is 6.11. The quantitative estimate of drug-likeness (QED) is 0.285. The highest BCUT2D eigenvalue weighted by molar-refractivity contribution is 8.02. The van der Waals surface area contributed by atoms with Gasteiger partial charge in [-0.2, -0.15) is 0 Å². The molecule has 4 heteroatoms. The Balaban J connectivity index is 1.97. The highest BCUT2D eigenvalue weighted by Crippen LogP contribution is 2.44. The molecule has 0 saturated carbocycles. The molecule has 2 heterocycles. The summed E-state index contributed by atoms with van der Waals surface area (Å²) < 4.78 is 6.24. The highest BCUT2D eigenvalue weighted by Gasteiger charge is 2.23. The fourth-order valence-corrected chi connectivity index (χ4v) is 5.33. The third-order valence-corrected chi connectivity index (χ3v) is 6.89. The topological polar surface area (TPSA) is 46.3 Å². The van der Waals surface area contributed by atoms with Gasteiger partial charge in [-0.3, -0.25) is 4.98 Å². The van der Waals surface area contributed by atoms with Crippen LogP contribution in [0.3, 0.4) is 0 Å². The summed E-state index contributed by atoms with van der Waals surface area (Å²) in [6, 6.07) is 14.0. The Kier molecular flexibility index (Phi) is 6.64. The molecule has 3 nitrogen and oxygen atoms in total. The van der Waals surface area contributed by atoms with Crippen molar-refractivity contribution in [3.05, 3.63) is 77.5 Å². The van der Waals surface area contributed by atoms with Crippen LogP contribution in [0.1, 0.15) is 51.5 Å². The van der Waals surface area contributed by atoms with E-state index in [1.807, 2.05) is 29.8 Å². The lowest BCUT2D eigenvalue weighted by molar-refractivity contribution is 0.476. The summed E-state index contributed by atoms with van der Waals surface area (Å²) in [6.07, 6.45) is 2.67. The first-order valence-electron chi connectivity index (χ1n) is 11.7. The van der Waals surface area contributed by atoms with Crippen LogP contribution in [0.4, 0.5) is 0 Å². The van der Waals surface area contributed by atoms with Crippen LogP contribution in [-0.2, 0) is 11.8 Å². The molecule has 0 aliphatic heterocycles. The lowest BCUT2D eigenvalue weighted by Gasteiger charge is -2.23. The number of nitrogens with zero attached hydrogens (tertiary/aromatic N) is 1. The van der Waals surface area contributed by atoms with E-state index in [4.69, 9.17) is 9.40 Å². The maximum absolute atomic E-state index is 11.1. The van der Waals surface area contributed by atoms with Crippen molar-refractivity contribution < 1.29 is 9.52 Å². The van der Waals surface area contributed by atoms with Gasteiger partial charge in [0.2, 0.25) is 0 Å². The van der Waals surface area contributed by atoms with Crippen molar-refractivity contribution in [3.63, 3.8) is 0 Å². The lowest BCUT2D eigenvalue weighted by atomic mass is 9.85. The Labute approximate surface area is 206 Å². The minimum Gasteiger partial charge on any atom is -0.507 e. The van der Waals surface area contributed by atoms with Crippen LogP contribution in [0.15, 0.2) is 70.0 Å². The van der Waals surface area contributed by atoms with Crippen molar-refractivity contribution in [2.75, 3.05) is 0 Å². The van der Waals surface area contributed by atoms with Crippen molar-refractivity contribution in [1.29, 1.82) is 0 Å². The molecule has 176 valence electrons. The van der Waals surface area contributed by atoms with Gasteiger partial charge in [0.25, 0.3) is 0 Å². The van der Waals surface area contributed by atoms with Crippen LogP contribution < -0.4 is 0 Å². The van der Waals surface area contributed by atoms with Crippen LogP contribution in [0.5, 0.6) is 5.75 Å². The summed E-state index contributed by atoms with van der Waals surface area (Å²) in [5.74, 6) is 1.69. The van der Waals surface area contributed by atoms with Crippen LogP contribution in [-0.4, -0.2) is 10.1 Å². The van der Waals surface area contributed by atoms with Crippen LogP contribution in [0.2, 0.25) is 0 Å². The van der Waals surface area contributed by atoms with Gasteiger partial charge in [0.1, 0.15) is 17.1 Å². The van der Waals surface area contributed by atoms with Gasteiger partial charge in [-0.1, -0.05) is 65.1 Å². The van der Waals surface area contributed by atoms with E-state index in [2.05, 4.69) is 66.3 Å². The minimum absolute atomic E-state index is 0.0364. The normalized spacial score (nSPS) is 12.0. The van der Waals surface area contributed by atoms with Crippen molar-refractivity contribution in [2.24, 2.45) is 5.92 Å². The number of rotatable bonds is 6. The molecule has 34 heavy (non-hydrogen) atoms. The number of phenols is 1. The van der Waals surface area contributed by atoms with Crippen LogP contribution >= 0.6 is 11.8 Å². The van der Waals surface area contributed by atoms with Gasteiger partial charge >= 0.3 is 0 Å². The second-order valence-corrected chi connectivity index (χ2v) is 11.2. The first-order chi connectivity index (χ1) is 16.1. The molecule has 0 radical (unpaired) electrons. The smallest absolute Gasteiger partial charge is 0.135 e. The molecule has 0 aliphatic rings. The number of phenolic OH excluding ortho intramolecular Hbond substituents is 1. The average molecular weight is 472 g/mol. The van der Waals surface area contributed by atoms with E-state index in [-0.39, 0.29) is 11.2 Å². The monoisotopic (exact) mass is 471 g/mol. The Morgan fingerprint density at radius 1 is 1.15 bits per heavy atom. The number of fused-ring (bicyclic) bond motifs is 1. The molecule has 2 aromatic heterocycles. The molecule has 2 aromatic carbocycles. The summed E-state index contributed by atoms with van der Waals surface area (Å²) in [5, 5.41) is 13.9. The zero-order valence-electron chi connectivity index (χ0n) is 20.9. The number of thioether (sulfide) groups is 1. The molecular weight excluding hydrogens is 438 g/mol. The Morgan fingerprint density at radius 3 is 2.59 bits per heavy atom. The minimum atomic E-state index is -0.0364. The van der Waals surface area contributed by atoms with Crippen LogP contribution in [0.25, 0.3) is 33.4 Å². The molecule has 0 amide bonds. The van der Waals surface area contributed by atoms with Gasteiger partial charge in [0.15, 0.2) is 0 Å². The molecule has 4 rings (SSSR count). The molecule has 0 saturated heterocycles. The predicted octanol–water partition coefficient (Wildman–Crippen LogP) is 8.91. The highest BCUT2D eigenvalue weighted by atomic mass is 32.2. The number of benzene rings is 2. The molecule has 0 atom stereocenters. The van der Waals surface area contributed by atoms with E-state index in [0.29, 0.717) is 5.92 Å². The number of pyridine rings is 1. The van der Waals surface area contributed by atoms with Gasteiger partial charge in [-0.05, 0) is 65.1 Å². The van der Waals surface area contributed by atoms with E-state index in [1.54, 1.807) is 17.8 Å². The maximum atomic E-state index is 11.1. The van der Waals surface area contributed by atoms with Crippen molar-refractivity contribution in [2.45, 2.75) is 58.3 Å². The van der Waals surface area contributed by atoms with Crippen LogP contribution in [0, 0.1) is 12.8 Å². The average Bonchev–Trinajstić information content (AvgIpc) is 3.08. The number of aromatic nitrogens is 1.